The second kappa shape index (κ2) is 11.4. The first-order chi connectivity index (χ1) is 17.0. The van der Waals surface area contributed by atoms with Crippen molar-refractivity contribution in [1.82, 2.24) is 5.01 Å². The normalized spacial score (nSPS) is 17.8. The Balaban J connectivity index is 1.52. The summed E-state index contributed by atoms with van der Waals surface area (Å²) >= 11 is 1.39. The number of rotatable bonds is 9. The highest BCUT2D eigenvalue weighted by atomic mass is 32.2. The largest absolute Gasteiger partial charge is 0.321 e. The number of thiophene rings is 1. The topological polar surface area (TPSA) is 95.9 Å². The van der Waals surface area contributed by atoms with E-state index in [0.717, 1.165) is 35.1 Å². The van der Waals surface area contributed by atoms with Crippen molar-refractivity contribution in [3.05, 3.63) is 87.6 Å². The molecule has 1 aliphatic rings. The summed E-state index contributed by atoms with van der Waals surface area (Å²) in [5.74, 6) is 0.0126. The average Bonchev–Trinajstić information content (AvgIpc) is 3.40. The van der Waals surface area contributed by atoms with Gasteiger partial charge in [-0.05, 0) is 53.1 Å². The molecule has 2 atom stereocenters. The minimum Gasteiger partial charge on any atom is -0.321 e. The number of carbonyl (C=O) groups is 2. The lowest BCUT2D eigenvalue weighted by Crippen LogP contribution is -2.41. The fraction of sp³-hybridized carbons (Fsp3) is 0.269. The molecule has 0 fully saturated rings. The van der Waals surface area contributed by atoms with E-state index in [1.165, 1.54) is 11.3 Å². The standard InChI is InChI=1S/C26H27N3O4S2/c1-2-20-14-23(16-30)29(28-25(20)21-9-5-19(6-10-21)17-35(32)33)15-18-7-11-22(12-8-18)27-26(31)24-4-3-13-34-24/h3-13,16,20,23,35H,2,14-15,17H2,1H3,(H,27,31). The summed E-state index contributed by atoms with van der Waals surface area (Å²) in [6, 6.07) is 18.3. The third-order valence-electron chi connectivity index (χ3n) is 6.04. The van der Waals surface area contributed by atoms with E-state index in [1.807, 2.05) is 65.0 Å². The number of carbonyl (C=O) groups excluding carboxylic acids is 2. The summed E-state index contributed by atoms with van der Waals surface area (Å²) in [6.07, 6.45) is 2.47. The van der Waals surface area contributed by atoms with Crippen molar-refractivity contribution >= 4 is 45.6 Å². The van der Waals surface area contributed by atoms with Gasteiger partial charge in [-0.3, -0.25) is 9.80 Å². The highest BCUT2D eigenvalue weighted by Crippen LogP contribution is 2.28. The zero-order valence-electron chi connectivity index (χ0n) is 19.3. The van der Waals surface area contributed by atoms with Gasteiger partial charge in [-0.25, -0.2) is 8.42 Å². The molecular weight excluding hydrogens is 482 g/mol. The quantitative estimate of drug-likeness (QED) is 0.331. The lowest BCUT2D eigenvalue weighted by atomic mass is 9.87. The summed E-state index contributed by atoms with van der Waals surface area (Å²) in [7, 11) is -2.47. The molecule has 0 radical (unpaired) electrons. The zero-order chi connectivity index (χ0) is 24.8. The predicted octanol–water partition coefficient (Wildman–Crippen LogP) is 4.32. The number of hydrogen-bond donors (Lipinski definition) is 2. The van der Waals surface area contributed by atoms with Gasteiger partial charge in [-0.15, -0.1) is 11.3 Å². The molecule has 4 rings (SSSR count). The molecule has 9 heteroatoms. The molecule has 1 amide bonds. The fourth-order valence-corrected chi connectivity index (χ4v) is 5.29. The van der Waals surface area contributed by atoms with Crippen molar-refractivity contribution < 1.29 is 18.0 Å². The van der Waals surface area contributed by atoms with Gasteiger partial charge in [0.25, 0.3) is 5.91 Å². The second-order valence-corrected chi connectivity index (χ2v) is 10.4. The van der Waals surface area contributed by atoms with Crippen LogP contribution in [0.3, 0.4) is 0 Å². The molecule has 3 aromatic rings. The third-order valence-corrected chi connectivity index (χ3v) is 7.54. The number of hydrogen-bond acceptors (Lipinski definition) is 7. The van der Waals surface area contributed by atoms with Crippen molar-refractivity contribution in [2.45, 2.75) is 38.1 Å². The average molecular weight is 510 g/mol. The molecule has 182 valence electrons. The molecule has 0 saturated heterocycles. The second-order valence-electron chi connectivity index (χ2n) is 8.44. The molecule has 0 bridgehead atoms. The lowest BCUT2D eigenvalue weighted by Gasteiger charge is -2.35. The fourth-order valence-electron chi connectivity index (χ4n) is 4.16. The maximum Gasteiger partial charge on any atom is 0.265 e. The van der Waals surface area contributed by atoms with Crippen molar-refractivity contribution in [2.24, 2.45) is 11.0 Å². The van der Waals surface area contributed by atoms with Gasteiger partial charge in [-0.2, -0.15) is 5.10 Å². The number of amides is 1. The van der Waals surface area contributed by atoms with Crippen LogP contribution in [0.15, 0.2) is 71.1 Å². The molecular formula is C26H27N3O4S2. The molecule has 2 heterocycles. The first-order valence-electron chi connectivity index (χ1n) is 11.4. The predicted molar refractivity (Wildman–Crippen MR) is 140 cm³/mol. The Morgan fingerprint density at radius 1 is 1.11 bits per heavy atom. The highest BCUT2D eigenvalue weighted by molar-refractivity contribution is 7.71. The van der Waals surface area contributed by atoms with Crippen LogP contribution in [0, 0.1) is 5.92 Å². The van der Waals surface area contributed by atoms with Gasteiger partial charge in [-0.1, -0.05) is 49.4 Å². The number of hydrazone groups is 1. The SMILES string of the molecule is CCC1CC(C=O)N(Cc2ccc(NC(=O)c3cccs3)cc2)N=C1c1ccc(C[SH](=O)=O)cc1. The van der Waals surface area contributed by atoms with Crippen LogP contribution in [-0.4, -0.2) is 37.4 Å². The van der Waals surface area contributed by atoms with E-state index >= 15 is 0 Å². The van der Waals surface area contributed by atoms with E-state index in [9.17, 15) is 18.0 Å². The Hall–Kier alpha value is -3.30. The van der Waals surface area contributed by atoms with Crippen LogP contribution in [0.1, 0.15) is 46.1 Å². The molecule has 0 saturated carbocycles. The van der Waals surface area contributed by atoms with Crippen LogP contribution < -0.4 is 5.32 Å². The van der Waals surface area contributed by atoms with E-state index in [1.54, 1.807) is 6.07 Å². The number of nitrogens with zero attached hydrogens (tertiary/aromatic N) is 2. The zero-order valence-corrected chi connectivity index (χ0v) is 21.0. The third kappa shape index (κ3) is 6.23. The Bertz CT molecular complexity index is 1260. The van der Waals surface area contributed by atoms with Crippen molar-refractivity contribution in [3.63, 3.8) is 0 Å². The number of benzene rings is 2. The van der Waals surface area contributed by atoms with E-state index in [4.69, 9.17) is 5.10 Å². The first-order valence-corrected chi connectivity index (χ1v) is 13.7. The number of aldehydes is 1. The first kappa shape index (κ1) is 24.8. The van der Waals surface area contributed by atoms with Gasteiger partial charge in [0.1, 0.15) is 23.0 Å². The summed E-state index contributed by atoms with van der Waals surface area (Å²) in [6.45, 7) is 2.54. The van der Waals surface area contributed by atoms with Crippen LogP contribution in [-0.2, 0) is 27.8 Å². The van der Waals surface area contributed by atoms with Gasteiger partial charge in [0.15, 0.2) is 0 Å². The minimum absolute atomic E-state index is 0.0163. The number of nitrogens with one attached hydrogen (secondary N) is 1. The van der Waals surface area contributed by atoms with Crippen molar-refractivity contribution in [3.8, 4) is 0 Å². The molecule has 1 aliphatic heterocycles. The van der Waals surface area contributed by atoms with Crippen molar-refractivity contribution in [2.75, 3.05) is 5.32 Å². The van der Waals surface area contributed by atoms with Gasteiger partial charge in [0, 0.05) is 11.6 Å². The van der Waals surface area contributed by atoms with Crippen LogP contribution >= 0.6 is 11.3 Å². The molecule has 1 N–H and O–H groups in total. The minimum atomic E-state index is -2.47. The summed E-state index contributed by atoms with van der Waals surface area (Å²) in [5.41, 5.74) is 4.25. The van der Waals surface area contributed by atoms with E-state index in [0.29, 0.717) is 23.5 Å². The van der Waals surface area contributed by atoms with Gasteiger partial charge < -0.3 is 10.1 Å². The maximum absolute atomic E-state index is 12.3. The molecule has 35 heavy (non-hydrogen) atoms. The van der Waals surface area contributed by atoms with Gasteiger partial charge in [0.05, 0.1) is 22.9 Å². The molecule has 2 unspecified atom stereocenters. The summed E-state index contributed by atoms with van der Waals surface area (Å²) < 4.78 is 22.0. The Kier molecular flexibility index (Phi) is 8.09. The van der Waals surface area contributed by atoms with Gasteiger partial charge >= 0.3 is 0 Å². The van der Waals surface area contributed by atoms with E-state index in [2.05, 4.69) is 12.2 Å². The van der Waals surface area contributed by atoms with E-state index in [-0.39, 0.29) is 23.6 Å². The van der Waals surface area contributed by atoms with Crippen LogP contribution in [0.5, 0.6) is 0 Å². The molecule has 0 aliphatic carbocycles. The smallest absolute Gasteiger partial charge is 0.265 e. The number of thiol groups is 1. The molecule has 1 aromatic heterocycles. The molecule has 0 spiro atoms. The van der Waals surface area contributed by atoms with Crippen LogP contribution in [0.2, 0.25) is 0 Å². The molecule has 7 nitrogen and oxygen atoms in total. The van der Waals surface area contributed by atoms with Gasteiger partial charge in [0.2, 0.25) is 0 Å². The Morgan fingerprint density at radius 3 is 2.43 bits per heavy atom. The number of anilines is 1. The monoisotopic (exact) mass is 509 g/mol. The summed E-state index contributed by atoms with van der Waals surface area (Å²) in [4.78, 5) is 24.8. The lowest BCUT2D eigenvalue weighted by molar-refractivity contribution is -0.113. The maximum atomic E-state index is 12.3. The highest BCUT2D eigenvalue weighted by Gasteiger charge is 2.30. The Morgan fingerprint density at radius 2 is 1.83 bits per heavy atom. The molecule has 2 aromatic carbocycles. The summed E-state index contributed by atoms with van der Waals surface area (Å²) in [5, 5.41) is 11.4. The van der Waals surface area contributed by atoms with E-state index < -0.39 is 10.7 Å². The Labute approximate surface area is 210 Å². The van der Waals surface area contributed by atoms with Crippen LogP contribution in [0.4, 0.5) is 5.69 Å². The van der Waals surface area contributed by atoms with Crippen LogP contribution in [0.25, 0.3) is 0 Å². The van der Waals surface area contributed by atoms with Crippen molar-refractivity contribution in [1.29, 1.82) is 0 Å².